The molecule has 2 aliphatic heterocycles. The first kappa shape index (κ1) is 13.3. The molecule has 5 heteroatoms. The minimum atomic E-state index is -0.464. The molecule has 0 fully saturated rings. The van der Waals surface area contributed by atoms with E-state index in [2.05, 4.69) is 0 Å². The Morgan fingerprint density at radius 1 is 0.955 bits per heavy atom. The van der Waals surface area contributed by atoms with Crippen LogP contribution in [0.3, 0.4) is 0 Å². The van der Waals surface area contributed by atoms with Crippen molar-refractivity contribution in [1.82, 2.24) is 0 Å². The third-order valence-corrected chi connectivity index (χ3v) is 4.23. The second kappa shape index (κ2) is 4.81. The van der Waals surface area contributed by atoms with Gasteiger partial charge in [-0.2, -0.15) is 0 Å². The summed E-state index contributed by atoms with van der Waals surface area (Å²) in [5.74, 6) is 2.22. The number of hydrogen-bond donors (Lipinski definition) is 1. The summed E-state index contributed by atoms with van der Waals surface area (Å²) in [6, 6.07) is 10.8. The molecule has 2 aromatic carbocycles. The third kappa shape index (κ3) is 1.82. The fraction of sp³-hybridized carbons (Fsp3) is 0.294. The second-order valence-corrected chi connectivity index (χ2v) is 5.41. The molecule has 3 atom stereocenters. The van der Waals surface area contributed by atoms with Gasteiger partial charge in [0.05, 0.1) is 13.0 Å². The zero-order chi connectivity index (χ0) is 15.3. The van der Waals surface area contributed by atoms with Crippen LogP contribution in [-0.4, -0.2) is 25.6 Å². The van der Waals surface area contributed by atoms with E-state index >= 15 is 0 Å². The largest absolute Gasteiger partial charge is 0.508 e. The van der Waals surface area contributed by atoms with Crippen molar-refractivity contribution in [3.05, 3.63) is 47.5 Å². The zero-order valence-electron chi connectivity index (χ0n) is 12.3. The van der Waals surface area contributed by atoms with E-state index < -0.39 is 6.29 Å². The van der Waals surface area contributed by atoms with Crippen LogP contribution in [0.5, 0.6) is 23.0 Å². The minimum absolute atomic E-state index is 0.0528. The van der Waals surface area contributed by atoms with Crippen LogP contribution < -0.4 is 14.2 Å². The number of aromatic hydroxyl groups is 1. The van der Waals surface area contributed by atoms with E-state index in [0.717, 1.165) is 22.6 Å². The molecular formula is C17H16O5. The van der Waals surface area contributed by atoms with Gasteiger partial charge in [0, 0.05) is 30.4 Å². The summed E-state index contributed by atoms with van der Waals surface area (Å²) < 4.78 is 22.8. The topological polar surface area (TPSA) is 57.2 Å². The molecule has 0 aromatic heterocycles. The standard InChI is InChI=1S/C17H16O5/c1-19-10-4-6-11-14(8-10)21-16-12-5-3-9(18)7-13(12)22-17(20-2)15(11)16/h3-8,15-18H,1-2H3/t15-,16-,17+/m0/s1. The van der Waals surface area contributed by atoms with Gasteiger partial charge in [-0.3, -0.25) is 0 Å². The summed E-state index contributed by atoms with van der Waals surface area (Å²) in [6.07, 6.45) is -0.662. The van der Waals surface area contributed by atoms with Gasteiger partial charge in [-0.25, -0.2) is 0 Å². The number of fused-ring (bicyclic) bond motifs is 5. The number of hydrogen-bond acceptors (Lipinski definition) is 5. The van der Waals surface area contributed by atoms with E-state index in [1.165, 1.54) is 0 Å². The fourth-order valence-corrected chi connectivity index (χ4v) is 3.19. The summed E-state index contributed by atoms with van der Waals surface area (Å²) in [5, 5.41) is 9.65. The molecule has 0 saturated heterocycles. The van der Waals surface area contributed by atoms with Crippen molar-refractivity contribution < 1.29 is 24.1 Å². The predicted molar refractivity (Wildman–Crippen MR) is 78.6 cm³/mol. The molecule has 0 bridgehead atoms. The van der Waals surface area contributed by atoms with Crippen LogP contribution in [-0.2, 0) is 4.74 Å². The van der Waals surface area contributed by atoms with Crippen molar-refractivity contribution >= 4 is 0 Å². The Morgan fingerprint density at radius 3 is 2.50 bits per heavy atom. The van der Waals surface area contributed by atoms with Gasteiger partial charge in [0.2, 0.25) is 6.29 Å². The lowest BCUT2D eigenvalue weighted by atomic mass is 9.88. The maximum Gasteiger partial charge on any atom is 0.210 e. The average molecular weight is 300 g/mol. The van der Waals surface area contributed by atoms with Gasteiger partial charge < -0.3 is 24.1 Å². The van der Waals surface area contributed by atoms with Crippen molar-refractivity contribution in [3.63, 3.8) is 0 Å². The second-order valence-electron chi connectivity index (χ2n) is 5.41. The lowest BCUT2D eigenvalue weighted by molar-refractivity contribution is -0.0994. The lowest BCUT2D eigenvalue weighted by Crippen LogP contribution is -2.34. The molecule has 0 saturated carbocycles. The van der Waals surface area contributed by atoms with Gasteiger partial charge >= 0.3 is 0 Å². The number of phenolic OH excluding ortho intramolecular Hbond substituents is 1. The van der Waals surface area contributed by atoms with Crippen molar-refractivity contribution in [2.24, 2.45) is 0 Å². The molecule has 22 heavy (non-hydrogen) atoms. The number of benzene rings is 2. The Hall–Kier alpha value is -2.40. The van der Waals surface area contributed by atoms with E-state index in [0.29, 0.717) is 5.75 Å². The van der Waals surface area contributed by atoms with E-state index in [-0.39, 0.29) is 17.8 Å². The molecule has 1 N–H and O–H groups in total. The number of methoxy groups -OCH3 is 2. The molecule has 0 amide bonds. The summed E-state index contributed by atoms with van der Waals surface area (Å²) in [7, 11) is 3.24. The smallest absolute Gasteiger partial charge is 0.210 e. The van der Waals surface area contributed by atoms with Crippen LogP contribution in [0.1, 0.15) is 23.1 Å². The Balaban J connectivity index is 1.83. The minimum Gasteiger partial charge on any atom is -0.508 e. The predicted octanol–water partition coefficient (Wildman–Crippen LogP) is 2.98. The monoisotopic (exact) mass is 300 g/mol. The average Bonchev–Trinajstić information content (AvgIpc) is 2.92. The first-order valence-electron chi connectivity index (χ1n) is 7.08. The van der Waals surface area contributed by atoms with E-state index in [4.69, 9.17) is 18.9 Å². The van der Waals surface area contributed by atoms with Crippen LogP contribution in [0.25, 0.3) is 0 Å². The maximum atomic E-state index is 9.65. The highest BCUT2D eigenvalue weighted by molar-refractivity contribution is 5.52. The number of rotatable bonds is 2. The van der Waals surface area contributed by atoms with Gasteiger partial charge in [0.15, 0.2) is 0 Å². The molecule has 5 nitrogen and oxygen atoms in total. The molecule has 0 radical (unpaired) electrons. The molecule has 0 aliphatic carbocycles. The molecule has 0 unspecified atom stereocenters. The van der Waals surface area contributed by atoms with Crippen LogP contribution in [0.4, 0.5) is 0 Å². The molecule has 114 valence electrons. The van der Waals surface area contributed by atoms with Crippen LogP contribution in [0.15, 0.2) is 36.4 Å². The summed E-state index contributed by atoms with van der Waals surface area (Å²) >= 11 is 0. The van der Waals surface area contributed by atoms with E-state index in [1.54, 1.807) is 26.4 Å². The maximum absolute atomic E-state index is 9.65. The van der Waals surface area contributed by atoms with Crippen LogP contribution >= 0.6 is 0 Å². The summed E-state index contributed by atoms with van der Waals surface area (Å²) in [6.45, 7) is 0. The zero-order valence-corrected chi connectivity index (χ0v) is 12.3. The van der Waals surface area contributed by atoms with Gasteiger partial charge in [-0.1, -0.05) is 6.07 Å². The highest BCUT2D eigenvalue weighted by atomic mass is 16.7. The van der Waals surface area contributed by atoms with E-state index in [9.17, 15) is 5.11 Å². The van der Waals surface area contributed by atoms with Gasteiger partial charge in [-0.05, 0) is 18.2 Å². The van der Waals surface area contributed by atoms with Crippen molar-refractivity contribution in [2.45, 2.75) is 18.3 Å². The van der Waals surface area contributed by atoms with Crippen LogP contribution in [0.2, 0.25) is 0 Å². The highest BCUT2D eigenvalue weighted by Gasteiger charge is 2.47. The first-order valence-corrected chi connectivity index (χ1v) is 7.08. The Bertz CT molecular complexity index is 727. The molecule has 0 spiro atoms. The highest BCUT2D eigenvalue weighted by Crippen LogP contribution is 2.54. The van der Waals surface area contributed by atoms with Gasteiger partial charge in [0.1, 0.15) is 29.1 Å². The van der Waals surface area contributed by atoms with Crippen molar-refractivity contribution in [3.8, 4) is 23.0 Å². The normalized spacial score (nSPS) is 24.5. The summed E-state index contributed by atoms with van der Waals surface area (Å²) in [4.78, 5) is 0. The van der Waals surface area contributed by atoms with E-state index in [1.807, 2.05) is 24.3 Å². The lowest BCUT2D eigenvalue weighted by Gasteiger charge is -2.33. The molecule has 2 aromatic rings. The third-order valence-electron chi connectivity index (χ3n) is 4.23. The molecule has 2 aliphatic rings. The summed E-state index contributed by atoms with van der Waals surface area (Å²) in [5.41, 5.74) is 1.95. The number of ether oxygens (including phenoxy) is 4. The van der Waals surface area contributed by atoms with Crippen LogP contribution in [0, 0.1) is 0 Å². The first-order chi connectivity index (χ1) is 10.7. The van der Waals surface area contributed by atoms with Gasteiger partial charge in [0.25, 0.3) is 0 Å². The van der Waals surface area contributed by atoms with Crippen molar-refractivity contribution in [2.75, 3.05) is 14.2 Å². The van der Waals surface area contributed by atoms with Gasteiger partial charge in [-0.15, -0.1) is 0 Å². The molecule has 4 rings (SSSR count). The van der Waals surface area contributed by atoms with Crippen molar-refractivity contribution in [1.29, 1.82) is 0 Å². The fourth-order valence-electron chi connectivity index (χ4n) is 3.19. The molecule has 2 heterocycles. The Labute approximate surface area is 128 Å². The number of phenols is 1. The SMILES string of the molecule is COc1ccc2c(c1)O[C@H]1c3ccc(O)cc3O[C@@H](OC)[C@@H]21. The quantitative estimate of drug-likeness (QED) is 0.924. The Kier molecular flexibility index (Phi) is 2.90. The Morgan fingerprint density at radius 2 is 1.73 bits per heavy atom. The molecular weight excluding hydrogens is 284 g/mol.